The fourth-order valence-electron chi connectivity index (χ4n) is 2.88. The smallest absolute Gasteiger partial charge is 0.338 e. The molecule has 0 heterocycles. The van der Waals surface area contributed by atoms with Gasteiger partial charge in [-0.1, -0.05) is 24.3 Å². The molecular formula is C21H14N2O6. The first-order chi connectivity index (χ1) is 13.8. The second-order valence-corrected chi connectivity index (χ2v) is 6.14. The maximum Gasteiger partial charge on any atom is 0.338 e. The molecule has 1 aliphatic carbocycles. The molecule has 0 bridgehead atoms. The van der Waals surface area contributed by atoms with Crippen molar-refractivity contribution in [1.82, 2.24) is 0 Å². The van der Waals surface area contributed by atoms with Crippen LogP contribution >= 0.6 is 0 Å². The number of nitrogens with zero attached hydrogens (tertiary/aromatic N) is 1. The van der Waals surface area contributed by atoms with Crippen molar-refractivity contribution in [3.8, 4) is 0 Å². The van der Waals surface area contributed by atoms with Crippen LogP contribution in [-0.4, -0.2) is 27.6 Å². The van der Waals surface area contributed by atoms with Crippen molar-refractivity contribution in [3.63, 3.8) is 0 Å². The number of carboxylic acids is 1. The number of fused-ring (bicyclic) bond motifs is 2. The fourth-order valence-corrected chi connectivity index (χ4v) is 2.88. The van der Waals surface area contributed by atoms with E-state index in [0.29, 0.717) is 10.8 Å². The molecule has 0 aliphatic heterocycles. The Kier molecular flexibility index (Phi) is 5.18. The molecule has 8 heteroatoms. The molecule has 0 saturated heterocycles. The summed E-state index contributed by atoms with van der Waals surface area (Å²) in [5.74, 6) is -1.53. The minimum atomic E-state index is -1.29. The van der Waals surface area contributed by atoms with Gasteiger partial charge in [-0.15, -0.1) is 0 Å². The predicted octanol–water partition coefficient (Wildman–Crippen LogP) is 3.43. The first-order valence-electron chi connectivity index (χ1n) is 8.34. The molecule has 0 amide bonds. The molecule has 0 radical (unpaired) electrons. The van der Waals surface area contributed by atoms with Gasteiger partial charge in [-0.05, 0) is 47.2 Å². The molecule has 0 atom stereocenters. The van der Waals surface area contributed by atoms with Crippen molar-refractivity contribution in [2.75, 3.05) is 5.73 Å². The summed E-state index contributed by atoms with van der Waals surface area (Å²) in [6.07, 6.45) is 5.01. The largest absolute Gasteiger partial charge is 0.478 e. The number of nitro benzene ring substituents is 1. The normalized spacial score (nSPS) is 12.7. The monoisotopic (exact) mass is 390 g/mol. The number of nitro groups is 1. The molecule has 29 heavy (non-hydrogen) atoms. The first kappa shape index (κ1) is 19.4. The lowest BCUT2D eigenvalue weighted by Crippen LogP contribution is -2.05. The van der Waals surface area contributed by atoms with E-state index in [2.05, 4.69) is 0 Å². The molecule has 144 valence electrons. The number of carbonyl (C=O) groups is 3. The van der Waals surface area contributed by atoms with Crippen LogP contribution in [0.1, 0.15) is 10.4 Å². The summed E-state index contributed by atoms with van der Waals surface area (Å²) in [6, 6.07) is 11.7. The maximum atomic E-state index is 11.2. The van der Waals surface area contributed by atoms with Crippen molar-refractivity contribution < 1.29 is 24.4 Å². The van der Waals surface area contributed by atoms with Gasteiger partial charge in [0.1, 0.15) is 0 Å². The van der Waals surface area contributed by atoms with E-state index >= 15 is 0 Å². The highest BCUT2D eigenvalue weighted by Gasteiger charge is 2.21. The number of anilines is 1. The Balaban J connectivity index is 0.000000252. The van der Waals surface area contributed by atoms with E-state index in [1.807, 2.05) is 24.3 Å². The highest BCUT2D eigenvalue weighted by atomic mass is 16.6. The lowest BCUT2D eigenvalue weighted by atomic mass is 9.98. The van der Waals surface area contributed by atoms with Gasteiger partial charge < -0.3 is 10.8 Å². The Morgan fingerprint density at radius 2 is 1.38 bits per heavy atom. The van der Waals surface area contributed by atoms with Gasteiger partial charge >= 0.3 is 5.97 Å². The summed E-state index contributed by atoms with van der Waals surface area (Å²) in [7, 11) is 0. The van der Waals surface area contributed by atoms with Crippen molar-refractivity contribution in [3.05, 3.63) is 82.4 Å². The van der Waals surface area contributed by atoms with Crippen LogP contribution in [0.3, 0.4) is 0 Å². The number of hydrogen-bond acceptors (Lipinski definition) is 6. The molecule has 4 rings (SSSR count). The summed E-state index contributed by atoms with van der Waals surface area (Å²) in [5.41, 5.74) is 5.39. The minimum absolute atomic E-state index is 0.0360. The zero-order chi connectivity index (χ0) is 21.1. The lowest BCUT2D eigenvalue weighted by molar-refractivity contribution is -0.383. The lowest BCUT2D eigenvalue weighted by Gasteiger charge is -2.08. The van der Waals surface area contributed by atoms with E-state index in [4.69, 9.17) is 10.8 Å². The Morgan fingerprint density at radius 3 is 1.83 bits per heavy atom. The molecule has 3 N–H and O–H groups in total. The Labute approximate surface area is 163 Å². The number of rotatable bonds is 2. The van der Waals surface area contributed by atoms with E-state index in [-0.39, 0.29) is 28.5 Å². The number of nitrogen functional groups attached to an aromatic ring is 1. The van der Waals surface area contributed by atoms with Crippen molar-refractivity contribution in [1.29, 1.82) is 0 Å². The standard InChI is InChI=1S/C15H10N2O4.C6H4O2/c16-14-11-6-9-4-2-1-3-8(9)5-10(11)13(17(20)21)7-12(14)15(18)19;7-5-1-2-6(8)4-3-5/h1-7H,16H2,(H,18,19);1-4H. The zero-order valence-electron chi connectivity index (χ0n) is 14.9. The van der Waals surface area contributed by atoms with Gasteiger partial charge in [0.15, 0.2) is 11.6 Å². The highest BCUT2D eigenvalue weighted by Crippen LogP contribution is 2.36. The van der Waals surface area contributed by atoms with Gasteiger partial charge in [-0.2, -0.15) is 0 Å². The number of carboxylic acid groups (broad SMARTS) is 1. The van der Waals surface area contributed by atoms with Crippen LogP contribution in [-0.2, 0) is 9.59 Å². The van der Waals surface area contributed by atoms with E-state index in [1.54, 1.807) is 12.1 Å². The van der Waals surface area contributed by atoms with Gasteiger partial charge in [-0.3, -0.25) is 19.7 Å². The number of aromatic carboxylic acids is 1. The van der Waals surface area contributed by atoms with Gasteiger partial charge in [0.25, 0.3) is 5.69 Å². The second-order valence-electron chi connectivity index (χ2n) is 6.14. The van der Waals surface area contributed by atoms with Crippen molar-refractivity contribution in [2.24, 2.45) is 0 Å². The molecule has 3 aromatic rings. The average molecular weight is 390 g/mol. The topological polar surface area (TPSA) is 141 Å². The summed E-state index contributed by atoms with van der Waals surface area (Å²) in [5, 5.41) is 22.7. The second kappa shape index (κ2) is 7.73. The molecule has 1 aliphatic rings. The molecule has 3 aromatic carbocycles. The van der Waals surface area contributed by atoms with E-state index in [9.17, 15) is 24.5 Å². The Hall–Kier alpha value is -4.33. The SMILES string of the molecule is Nc1c(C(=O)O)cc([N+](=O)[O-])c2cc3ccccc3cc12.O=C1C=CC(=O)C=C1. The van der Waals surface area contributed by atoms with Crippen LogP contribution in [0, 0.1) is 10.1 Å². The molecule has 0 spiro atoms. The fraction of sp³-hybridized carbons (Fsp3) is 0. The maximum absolute atomic E-state index is 11.2. The van der Waals surface area contributed by atoms with Gasteiger partial charge in [0, 0.05) is 11.5 Å². The zero-order valence-corrected chi connectivity index (χ0v) is 14.9. The van der Waals surface area contributed by atoms with E-state index in [0.717, 1.165) is 16.8 Å². The minimum Gasteiger partial charge on any atom is -0.478 e. The van der Waals surface area contributed by atoms with E-state index in [1.165, 1.54) is 24.3 Å². The molecule has 0 unspecified atom stereocenters. The third kappa shape index (κ3) is 4.01. The van der Waals surface area contributed by atoms with Crippen LogP contribution in [0.4, 0.5) is 11.4 Å². The number of allylic oxidation sites excluding steroid dienone is 4. The van der Waals surface area contributed by atoms with Gasteiger partial charge in [0.05, 0.1) is 21.6 Å². The van der Waals surface area contributed by atoms with E-state index < -0.39 is 10.9 Å². The Morgan fingerprint density at radius 1 is 0.897 bits per heavy atom. The third-order valence-corrected chi connectivity index (χ3v) is 4.27. The number of non-ortho nitro benzene ring substituents is 1. The summed E-state index contributed by atoms with van der Waals surface area (Å²) < 4.78 is 0. The summed E-state index contributed by atoms with van der Waals surface area (Å²) >= 11 is 0. The van der Waals surface area contributed by atoms with Crippen LogP contribution in [0.25, 0.3) is 21.5 Å². The van der Waals surface area contributed by atoms with Crippen LogP contribution in [0.2, 0.25) is 0 Å². The quantitative estimate of drug-likeness (QED) is 0.224. The van der Waals surface area contributed by atoms with Gasteiger partial charge in [0.2, 0.25) is 0 Å². The highest BCUT2D eigenvalue weighted by molar-refractivity contribution is 6.14. The molecule has 0 saturated carbocycles. The molecular weight excluding hydrogens is 376 g/mol. The average Bonchev–Trinajstić information content (AvgIpc) is 2.69. The van der Waals surface area contributed by atoms with Crippen LogP contribution in [0.15, 0.2) is 66.8 Å². The third-order valence-electron chi connectivity index (χ3n) is 4.27. The van der Waals surface area contributed by atoms with Crippen LogP contribution in [0.5, 0.6) is 0 Å². The van der Waals surface area contributed by atoms with Crippen LogP contribution < -0.4 is 5.73 Å². The molecule has 0 aromatic heterocycles. The van der Waals surface area contributed by atoms with Crippen molar-refractivity contribution in [2.45, 2.75) is 0 Å². The van der Waals surface area contributed by atoms with Crippen molar-refractivity contribution >= 4 is 50.5 Å². The molecule has 8 nitrogen and oxygen atoms in total. The summed E-state index contributed by atoms with van der Waals surface area (Å²) in [4.78, 5) is 42.4. The van der Waals surface area contributed by atoms with Gasteiger partial charge in [-0.25, -0.2) is 4.79 Å². The predicted molar refractivity (Wildman–Crippen MR) is 108 cm³/mol. The number of carbonyl (C=O) groups excluding carboxylic acids is 2. The number of nitrogens with two attached hydrogens (primary N) is 1. The number of ketones is 2. The summed E-state index contributed by atoms with van der Waals surface area (Å²) in [6.45, 7) is 0. The molecule has 0 fully saturated rings. The number of hydrogen-bond donors (Lipinski definition) is 2. The Bertz CT molecular complexity index is 1220. The number of benzene rings is 3. The first-order valence-corrected chi connectivity index (χ1v) is 8.34.